The molecule has 0 bridgehead atoms. The number of carbonyl (C=O) groups is 2. The number of anilines is 1. The molecule has 0 radical (unpaired) electrons. The van der Waals surface area contributed by atoms with Gasteiger partial charge >= 0.3 is 0 Å². The van der Waals surface area contributed by atoms with E-state index in [9.17, 15) is 18.0 Å². The summed E-state index contributed by atoms with van der Waals surface area (Å²) >= 11 is 6.34. The first-order chi connectivity index (χ1) is 14.1. The molecule has 2 N–H and O–H groups in total. The molecule has 2 amide bonds. The number of likely N-dealkylation sites (tertiary alicyclic amines) is 1. The van der Waals surface area contributed by atoms with Crippen molar-refractivity contribution in [2.24, 2.45) is 11.7 Å². The maximum atomic E-state index is 12.9. The number of sulfonamides is 1. The lowest BCUT2D eigenvalue weighted by Crippen LogP contribution is -2.41. The van der Waals surface area contributed by atoms with E-state index in [-0.39, 0.29) is 27.7 Å². The number of aryl methyl sites for hydroxylation is 1. The van der Waals surface area contributed by atoms with E-state index >= 15 is 0 Å². The van der Waals surface area contributed by atoms with Crippen LogP contribution in [-0.2, 0) is 14.8 Å². The average molecular weight is 450 g/mol. The number of amides is 2. The Balaban J connectivity index is 1.78. The molecular weight excluding hydrogens is 426 g/mol. The fourth-order valence-electron chi connectivity index (χ4n) is 3.42. The van der Waals surface area contributed by atoms with E-state index in [0.717, 1.165) is 9.87 Å². The Bertz CT molecular complexity index is 1060. The lowest BCUT2D eigenvalue weighted by Gasteiger charge is -2.31. The van der Waals surface area contributed by atoms with Crippen molar-refractivity contribution in [1.29, 1.82) is 0 Å². The predicted octanol–water partition coefficient (Wildman–Crippen LogP) is 2.81. The highest BCUT2D eigenvalue weighted by molar-refractivity contribution is 7.92. The molecule has 3 rings (SSSR count). The van der Waals surface area contributed by atoms with Crippen LogP contribution in [0.1, 0.15) is 28.8 Å². The van der Waals surface area contributed by atoms with Gasteiger partial charge in [-0.25, -0.2) is 8.42 Å². The first-order valence-electron chi connectivity index (χ1n) is 9.55. The summed E-state index contributed by atoms with van der Waals surface area (Å²) in [5.74, 6) is -0.812. The molecule has 0 spiro atoms. The van der Waals surface area contributed by atoms with Crippen molar-refractivity contribution in [3.8, 4) is 0 Å². The van der Waals surface area contributed by atoms with Crippen LogP contribution in [0, 0.1) is 12.8 Å². The molecule has 9 heteroatoms. The molecule has 7 nitrogen and oxygen atoms in total. The Hall–Kier alpha value is -2.58. The van der Waals surface area contributed by atoms with E-state index in [1.54, 1.807) is 35.2 Å². The minimum Gasteiger partial charge on any atom is -0.369 e. The highest BCUT2D eigenvalue weighted by atomic mass is 35.5. The number of nitrogens with two attached hydrogens (primary N) is 1. The molecule has 30 heavy (non-hydrogen) atoms. The standard InChI is InChI=1S/C21H24ClN3O4S/c1-14-3-6-17(7-4-14)30(28,29)24(2)16-5-8-18(19(22)13-16)21(27)25-11-9-15(10-12-25)20(23)26/h3-8,13,15H,9-12H2,1-2H3,(H2,23,26). The maximum Gasteiger partial charge on any atom is 0.264 e. The second-order valence-corrected chi connectivity index (χ2v) is 9.80. The number of halogens is 1. The van der Waals surface area contributed by atoms with Crippen LogP contribution < -0.4 is 10.0 Å². The molecule has 1 aliphatic rings. The minimum atomic E-state index is -3.76. The minimum absolute atomic E-state index is 0.167. The molecular formula is C21H24ClN3O4S. The van der Waals surface area contributed by atoms with Crippen molar-refractivity contribution in [2.75, 3.05) is 24.4 Å². The SMILES string of the molecule is Cc1ccc(S(=O)(=O)N(C)c2ccc(C(=O)N3CCC(C(N)=O)CC3)c(Cl)c2)cc1. The zero-order valence-electron chi connectivity index (χ0n) is 16.8. The van der Waals surface area contributed by atoms with Gasteiger partial charge in [0, 0.05) is 26.1 Å². The zero-order valence-corrected chi connectivity index (χ0v) is 18.4. The Kier molecular flexibility index (Phi) is 6.38. The molecule has 1 heterocycles. The van der Waals surface area contributed by atoms with Crippen LogP contribution in [0.15, 0.2) is 47.4 Å². The first kappa shape index (κ1) is 22.1. The van der Waals surface area contributed by atoms with Gasteiger partial charge in [-0.2, -0.15) is 0 Å². The number of rotatable bonds is 5. The third-order valence-corrected chi connectivity index (χ3v) is 7.52. The number of benzene rings is 2. The second-order valence-electron chi connectivity index (χ2n) is 7.42. The lowest BCUT2D eigenvalue weighted by molar-refractivity contribution is -0.123. The fraction of sp³-hybridized carbons (Fsp3) is 0.333. The fourth-order valence-corrected chi connectivity index (χ4v) is 4.86. The van der Waals surface area contributed by atoms with Gasteiger partial charge in [-0.05, 0) is 50.1 Å². The smallest absolute Gasteiger partial charge is 0.264 e. The van der Waals surface area contributed by atoms with E-state index in [0.29, 0.717) is 37.2 Å². The predicted molar refractivity (Wildman–Crippen MR) is 116 cm³/mol. The summed E-state index contributed by atoms with van der Waals surface area (Å²) in [6.07, 6.45) is 1.04. The Morgan fingerprint density at radius 3 is 2.23 bits per heavy atom. The Morgan fingerprint density at radius 1 is 1.10 bits per heavy atom. The van der Waals surface area contributed by atoms with Gasteiger partial charge in [0.2, 0.25) is 5.91 Å². The van der Waals surface area contributed by atoms with Crippen molar-refractivity contribution < 1.29 is 18.0 Å². The van der Waals surface area contributed by atoms with Crippen LogP contribution in [0.3, 0.4) is 0 Å². The Labute approximate surface area is 181 Å². The normalized spacial score (nSPS) is 15.1. The second kappa shape index (κ2) is 8.65. The number of nitrogens with zero attached hydrogens (tertiary/aromatic N) is 2. The maximum absolute atomic E-state index is 12.9. The summed E-state index contributed by atoms with van der Waals surface area (Å²) in [5.41, 5.74) is 6.94. The summed E-state index contributed by atoms with van der Waals surface area (Å²) in [7, 11) is -2.32. The first-order valence-corrected chi connectivity index (χ1v) is 11.4. The van der Waals surface area contributed by atoms with Gasteiger partial charge in [0.1, 0.15) is 0 Å². The molecule has 0 saturated carbocycles. The van der Waals surface area contributed by atoms with E-state index in [2.05, 4.69) is 0 Å². The molecule has 1 aliphatic heterocycles. The third-order valence-electron chi connectivity index (χ3n) is 5.41. The van der Waals surface area contributed by atoms with Crippen LogP contribution in [0.4, 0.5) is 5.69 Å². The summed E-state index contributed by atoms with van der Waals surface area (Å²) in [6.45, 7) is 2.73. The van der Waals surface area contributed by atoms with Crippen molar-refractivity contribution in [3.63, 3.8) is 0 Å². The highest BCUT2D eigenvalue weighted by Crippen LogP contribution is 2.29. The third kappa shape index (κ3) is 4.44. The molecule has 0 aromatic heterocycles. The molecule has 2 aromatic carbocycles. The quantitative estimate of drug-likeness (QED) is 0.758. The van der Waals surface area contributed by atoms with Crippen LogP contribution in [0.5, 0.6) is 0 Å². The van der Waals surface area contributed by atoms with E-state index in [1.807, 2.05) is 6.92 Å². The van der Waals surface area contributed by atoms with Gasteiger partial charge in [0.05, 0.1) is 21.2 Å². The van der Waals surface area contributed by atoms with Gasteiger partial charge in [-0.3, -0.25) is 13.9 Å². The van der Waals surface area contributed by atoms with Crippen LogP contribution >= 0.6 is 11.6 Å². The molecule has 2 aromatic rings. The largest absolute Gasteiger partial charge is 0.369 e. The van der Waals surface area contributed by atoms with Gasteiger partial charge in [-0.1, -0.05) is 29.3 Å². The number of piperidine rings is 1. The van der Waals surface area contributed by atoms with Gasteiger partial charge in [0.15, 0.2) is 0 Å². The van der Waals surface area contributed by atoms with Crippen LogP contribution in [0.2, 0.25) is 5.02 Å². The zero-order chi connectivity index (χ0) is 22.1. The molecule has 160 valence electrons. The van der Waals surface area contributed by atoms with E-state index < -0.39 is 10.0 Å². The van der Waals surface area contributed by atoms with Gasteiger partial charge < -0.3 is 10.6 Å². The summed E-state index contributed by atoms with van der Waals surface area (Å²) < 4.78 is 26.9. The van der Waals surface area contributed by atoms with Crippen molar-refractivity contribution >= 4 is 39.1 Å². The molecule has 0 unspecified atom stereocenters. The number of carbonyl (C=O) groups excluding carboxylic acids is 2. The number of hydrogen-bond donors (Lipinski definition) is 1. The molecule has 1 saturated heterocycles. The average Bonchev–Trinajstić information content (AvgIpc) is 2.73. The Morgan fingerprint density at radius 2 is 1.70 bits per heavy atom. The van der Waals surface area contributed by atoms with E-state index in [1.165, 1.54) is 19.2 Å². The van der Waals surface area contributed by atoms with Crippen LogP contribution in [-0.4, -0.2) is 45.3 Å². The topological polar surface area (TPSA) is 101 Å². The summed E-state index contributed by atoms with van der Waals surface area (Å²) in [6, 6.07) is 11.1. The van der Waals surface area contributed by atoms with Crippen molar-refractivity contribution in [3.05, 3.63) is 58.6 Å². The highest BCUT2D eigenvalue weighted by Gasteiger charge is 2.28. The lowest BCUT2D eigenvalue weighted by atomic mass is 9.96. The molecule has 1 fully saturated rings. The van der Waals surface area contributed by atoms with E-state index in [4.69, 9.17) is 17.3 Å². The van der Waals surface area contributed by atoms with Gasteiger partial charge in [-0.15, -0.1) is 0 Å². The number of primary amides is 1. The summed E-state index contributed by atoms with van der Waals surface area (Å²) in [5, 5.41) is 0.167. The summed E-state index contributed by atoms with van der Waals surface area (Å²) in [4.78, 5) is 25.9. The molecule has 0 atom stereocenters. The van der Waals surface area contributed by atoms with Crippen molar-refractivity contribution in [1.82, 2.24) is 4.90 Å². The van der Waals surface area contributed by atoms with Crippen LogP contribution in [0.25, 0.3) is 0 Å². The number of hydrogen-bond acceptors (Lipinski definition) is 4. The monoisotopic (exact) mass is 449 g/mol. The van der Waals surface area contributed by atoms with Gasteiger partial charge in [0.25, 0.3) is 15.9 Å². The van der Waals surface area contributed by atoms with Crippen molar-refractivity contribution in [2.45, 2.75) is 24.7 Å². The molecule has 0 aliphatic carbocycles.